The van der Waals surface area contributed by atoms with Gasteiger partial charge in [-0.1, -0.05) is 30.3 Å². The molecule has 2 aromatic rings. The number of carbonyl (C=O) groups excluding carboxylic acids is 2. The van der Waals surface area contributed by atoms with Crippen LogP contribution in [0, 0.1) is 12.3 Å². The van der Waals surface area contributed by atoms with Crippen molar-refractivity contribution in [2.45, 2.75) is 32.6 Å². The van der Waals surface area contributed by atoms with Crippen LogP contribution < -0.4 is 0 Å². The molecule has 1 aromatic carbocycles. The molecule has 0 radical (unpaired) electrons. The molecular formula is C21H26N4O2. The van der Waals surface area contributed by atoms with Gasteiger partial charge in [0.2, 0.25) is 5.91 Å². The van der Waals surface area contributed by atoms with E-state index >= 15 is 0 Å². The van der Waals surface area contributed by atoms with Gasteiger partial charge in [-0.05, 0) is 38.2 Å². The summed E-state index contributed by atoms with van der Waals surface area (Å²) in [6.45, 7) is 4.59. The Kier molecular flexibility index (Phi) is 4.72. The predicted octanol–water partition coefficient (Wildman–Crippen LogP) is 2.42. The van der Waals surface area contributed by atoms with E-state index in [2.05, 4.69) is 22.3 Å². The quantitative estimate of drug-likeness (QED) is 0.903. The van der Waals surface area contributed by atoms with Gasteiger partial charge in [0.05, 0.1) is 17.2 Å². The smallest absolute Gasteiger partial charge is 0.257 e. The van der Waals surface area contributed by atoms with Gasteiger partial charge in [0.1, 0.15) is 0 Å². The van der Waals surface area contributed by atoms with Crippen LogP contribution in [-0.2, 0) is 11.2 Å². The van der Waals surface area contributed by atoms with Crippen LogP contribution in [0.25, 0.3) is 0 Å². The Morgan fingerprint density at radius 3 is 2.78 bits per heavy atom. The Morgan fingerprint density at radius 2 is 2.04 bits per heavy atom. The summed E-state index contributed by atoms with van der Waals surface area (Å²) in [5.74, 6) is 0.205. The van der Waals surface area contributed by atoms with E-state index in [1.807, 2.05) is 34.9 Å². The third-order valence-electron chi connectivity index (χ3n) is 6.04. The summed E-state index contributed by atoms with van der Waals surface area (Å²) in [6, 6.07) is 10.3. The van der Waals surface area contributed by atoms with E-state index in [1.54, 1.807) is 6.20 Å². The largest absolute Gasteiger partial charge is 0.342 e. The van der Waals surface area contributed by atoms with Crippen molar-refractivity contribution in [1.29, 1.82) is 0 Å². The molecule has 1 unspecified atom stereocenters. The minimum atomic E-state index is -0.401. The molecule has 4 rings (SSSR count). The molecule has 1 spiro atoms. The van der Waals surface area contributed by atoms with Crippen LogP contribution in [0.15, 0.2) is 36.5 Å². The molecule has 1 atom stereocenters. The standard InChI is InChI=1S/C21H26N4O2/c1-16-18(14-22-23-16)19(26)25-13-10-21(15-25)9-5-11-24(20(21)27)12-8-17-6-3-2-4-7-17/h2-4,6-7,14H,5,8-13,15H2,1H3,(H,22,23). The summed E-state index contributed by atoms with van der Waals surface area (Å²) >= 11 is 0. The highest BCUT2D eigenvalue weighted by molar-refractivity contribution is 5.96. The van der Waals surface area contributed by atoms with Gasteiger partial charge in [-0.2, -0.15) is 5.10 Å². The predicted molar refractivity (Wildman–Crippen MR) is 102 cm³/mol. The van der Waals surface area contributed by atoms with Crippen LogP contribution in [0.2, 0.25) is 0 Å². The highest BCUT2D eigenvalue weighted by atomic mass is 16.2. The van der Waals surface area contributed by atoms with Crippen LogP contribution in [0.3, 0.4) is 0 Å². The van der Waals surface area contributed by atoms with E-state index in [9.17, 15) is 9.59 Å². The first-order valence-electron chi connectivity index (χ1n) is 9.72. The van der Waals surface area contributed by atoms with Crippen molar-refractivity contribution in [3.8, 4) is 0 Å². The zero-order valence-electron chi connectivity index (χ0n) is 15.8. The van der Waals surface area contributed by atoms with Crippen molar-refractivity contribution in [2.24, 2.45) is 5.41 Å². The van der Waals surface area contributed by atoms with Gasteiger partial charge in [0.15, 0.2) is 0 Å². The summed E-state index contributed by atoms with van der Waals surface area (Å²) in [7, 11) is 0. The lowest BCUT2D eigenvalue weighted by atomic mass is 9.78. The molecule has 142 valence electrons. The van der Waals surface area contributed by atoms with E-state index in [0.717, 1.165) is 44.5 Å². The van der Waals surface area contributed by atoms with Gasteiger partial charge >= 0.3 is 0 Å². The van der Waals surface area contributed by atoms with E-state index < -0.39 is 5.41 Å². The molecule has 3 heterocycles. The van der Waals surface area contributed by atoms with Crippen LogP contribution in [0.4, 0.5) is 0 Å². The number of rotatable bonds is 4. The van der Waals surface area contributed by atoms with Gasteiger partial charge in [-0.25, -0.2) is 0 Å². The fourth-order valence-corrected chi connectivity index (χ4v) is 4.44. The zero-order chi connectivity index (χ0) is 18.9. The molecule has 6 heteroatoms. The number of H-pyrrole nitrogens is 1. The SMILES string of the molecule is Cc1[nH]ncc1C(=O)N1CCC2(CCCN(CCc3ccccc3)C2=O)C1. The molecule has 0 saturated carbocycles. The first kappa shape index (κ1) is 17.8. The van der Waals surface area contributed by atoms with Gasteiger partial charge in [0.25, 0.3) is 5.91 Å². The van der Waals surface area contributed by atoms with Gasteiger partial charge < -0.3 is 9.80 Å². The summed E-state index contributed by atoms with van der Waals surface area (Å²) in [4.78, 5) is 29.9. The second-order valence-corrected chi connectivity index (χ2v) is 7.80. The minimum Gasteiger partial charge on any atom is -0.342 e. The molecule has 6 nitrogen and oxygen atoms in total. The fourth-order valence-electron chi connectivity index (χ4n) is 4.44. The number of amides is 2. The molecule has 0 aliphatic carbocycles. The topological polar surface area (TPSA) is 69.3 Å². The number of carbonyl (C=O) groups is 2. The summed E-state index contributed by atoms with van der Waals surface area (Å²) in [6.07, 6.45) is 5.10. The number of nitrogens with one attached hydrogen (secondary N) is 1. The number of aromatic nitrogens is 2. The number of hydrogen-bond acceptors (Lipinski definition) is 3. The monoisotopic (exact) mass is 366 g/mol. The molecule has 1 N–H and O–H groups in total. The molecule has 1 aromatic heterocycles. The van der Waals surface area contributed by atoms with E-state index in [-0.39, 0.29) is 11.8 Å². The fraction of sp³-hybridized carbons (Fsp3) is 0.476. The molecule has 2 saturated heterocycles. The first-order valence-corrected chi connectivity index (χ1v) is 9.72. The Hall–Kier alpha value is -2.63. The lowest BCUT2D eigenvalue weighted by Gasteiger charge is -2.39. The van der Waals surface area contributed by atoms with E-state index in [0.29, 0.717) is 18.7 Å². The number of aryl methyl sites for hydroxylation is 1. The Bertz CT molecular complexity index is 832. The van der Waals surface area contributed by atoms with Crippen molar-refractivity contribution >= 4 is 11.8 Å². The van der Waals surface area contributed by atoms with E-state index in [1.165, 1.54) is 5.56 Å². The number of hydrogen-bond donors (Lipinski definition) is 1. The van der Waals surface area contributed by atoms with Crippen molar-refractivity contribution in [3.05, 3.63) is 53.3 Å². The third-order valence-corrected chi connectivity index (χ3v) is 6.04. The number of benzene rings is 1. The maximum Gasteiger partial charge on any atom is 0.257 e. The summed E-state index contributed by atoms with van der Waals surface area (Å²) < 4.78 is 0. The number of likely N-dealkylation sites (tertiary alicyclic amines) is 2. The lowest BCUT2D eigenvalue weighted by molar-refractivity contribution is -0.145. The van der Waals surface area contributed by atoms with Crippen LogP contribution >= 0.6 is 0 Å². The maximum absolute atomic E-state index is 13.3. The molecule has 2 fully saturated rings. The first-order chi connectivity index (χ1) is 13.1. The summed E-state index contributed by atoms with van der Waals surface area (Å²) in [5, 5.41) is 6.77. The highest BCUT2D eigenvalue weighted by Crippen LogP contribution is 2.40. The second kappa shape index (κ2) is 7.18. The zero-order valence-corrected chi connectivity index (χ0v) is 15.8. The van der Waals surface area contributed by atoms with Crippen molar-refractivity contribution in [3.63, 3.8) is 0 Å². The van der Waals surface area contributed by atoms with Crippen molar-refractivity contribution in [2.75, 3.05) is 26.2 Å². The lowest BCUT2D eigenvalue weighted by Crippen LogP contribution is -2.50. The normalized spacial score (nSPS) is 22.6. The van der Waals surface area contributed by atoms with Crippen molar-refractivity contribution in [1.82, 2.24) is 20.0 Å². The highest BCUT2D eigenvalue weighted by Gasteiger charge is 2.49. The van der Waals surface area contributed by atoms with Gasteiger partial charge in [-0.15, -0.1) is 0 Å². The van der Waals surface area contributed by atoms with Crippen LogP contribution in [-0.4, -0.2) is 58.0 Å². The molecule has 2 amide bonds. The molecular weight excluding hydrogens is 340 g/mol. The van der Waals surface area contributed by atoms with E-state index in [4.69, 9.17) is 0 Å². The Morgan fingerprint density at radius 1 is 1.22 bits per heavy atom. The third kappa shape index (κ3) is 3.36. The van der Waals surface area contributed by atoms with Gasteiger partial charge in [0, 0.05) is 31.9 Å². The van der Waals surface area contributed by atoms with Crippen molar-refractivity contribution < 1.29 is 9.59 Å². The second-order valence-electron chi connectivity index (χ2n) is 7.80. The molecule has 2 aliphatic rings. The molecule has 0 bridgehead atoms. The molecule has 27 heavy (non-hydrogen) atoms. The average Bonchev–Trinajstić information content (AvgIpc) is 3.31. The number of piperidine rings is 1. The van der Waals surface area contributed by atoms with Gasteiger partial charge in [-0.3, -0.25) is 14.7 Å². The summed E-state index contributed by atoms with van der Waals surface area (Å²) in [5.41, 5.74) is 2.24. The Balaban J connectivity index is 1.43. The Labute approximate surface area is 159 Å². The molecule has 2 aliphatic heterocycles. The average molecular weight is 366 g/mol. The maximum atomic E-state index is 13.3. The number of nitrogens with zero attached hydrogens (tertiary/aromatic N) is 3. The van der Waals surface area contributed by atoms with Crippen LogP contribution in [0.1, 0.15) is 40.9 Å². The minimum absolute atomic E-state index is 0.0210. The number of aromatic amines is 1. The van der Waals surface area contributed by atoms with Crippen LogP contribution in [0.5, 0.6) is 0 Å².